The Balaban J connectivity index is 1.72. The van der Waals surface area contributed by atoms with Crippen LogP contribution in [-0.4, -0.2) is 32.7 Å². The van der Waals surface area contributed by atoms with Gasteiger partial charge in [-0.15, -0.1) is 0 Å². The number of aromatic amines is 1. The number of likely N-dealkylation sites (tertiary alicyclic amines) is 1. The van der Waals surface area contributed by atoms with Gasteiger partial charge in [-0.05, 0) is 37.0 Å². The van der Waals surface area contributed by atoms with E-state index in [0.29, 0.717) is 5.56 Å². The molecule has 1 saturated carbocycles. The molecule has 1 aliphatic heterocycles. The highest BCUT2D eigenvalue weighted by Crippen LogP contribution is 2.44. The van der Waals surface area contributed by atoms with Crippen molar-refractivity contribution in [3.05, 3.63) is 77.0 Å². The van der Waals surface area contributed by atoms with Crippen molar-refractivity contribution in [2.75, 3.05) is 0 Å². The first-order chi connectivity index (χ1) is 15.1. The van der Waals surface area contributed by atoms with Gasteiger partial charge >= 0.3 is 0 Å². The zero-order chi connectivity index (χ0) is 21.5. The lowest BCUT2D eigenvalue weighted by molar-refractivity contribution is -0.141. The number of carbonyl (C=O) groups excluding carboxylic acids is 2. The Hall–Kier alpha value is -3.34. The van der Waals surface area contributed by atoms with E-state index >= 15 is 0 Å². The zero-order valence-electron chi connectivity index (χ0n) is 17.6. The fourth-order valence-corrected chi connectivity index (χ4v) is 5.20. The van der Waals surface area contributed by atoms with Crippen molar-refractivity contribution < 1.29 is 14.7 Å². The molecule has 1 atom stereocenters. The largest absolute Gasteiger partial charge is 0.507 e. The van der Waals surface area contributed by atoms with Gasteiger partial charge in [0.1, 0.15) is 5.76 Å². The number of ketones is 1. The van der Waals surface area contributed by atoms with E-state index in [-0.39, 0.29) is 17.4 Å². The first kappa shape index (κ1) is 19.6. The third kappa shape index (κ3) is 3.16. The number of aromatic nitrogens is 1. The van der Waals surface area contributed by atoms with Crippen LogP contribution in [0.2, 0.25) is 0 Å². The van der Waals surface area contributed by atoms with Crippen LogP contribution in [0.4, 0.5) is 0 Å². The van der Waals surface area contributed by atoms with Crippen LogP contribution in [0.15, 0.2) is 60.3 Å². The Morgan fingerprint density at radius 3 is 2.48 bits per heavy atom. The molecular formula is C26H26N2O3. The monoisotopic (exact) mass is 414 g/mol. The Morgan fingerprint density at radius 2 is 1.71 bits per heavy atom. The number of hydrogen-bond acceptors (Lipinski definition) is 3. The molecule has 1 unspecified atom stereocenters. The van der Waals surface area contributed by atoms with Crippen LogP contribution in [0.5, 0.6) is 0 Å². The van der Waals surface area contributed by atoms with E-state index in [0.717, 1.165) is 54.1 Å². The zero-order valence-corrected chi connectivity index (χ0v) is 17.6. The molecule has 0 radical (unpaired) electrons. The first-order valence-electron chi connectivity index (χ1n) is 11.0. The normalized spacial score (nSPS) is 21.8. The number of aliphatic hydroxyl groups excluding tert-OH is 1. The van der Waals surface area contributed by atoms with E-state index in [1.54, 1.807) is 11.1 Å². The van der Waals surface area contributed by atoms with Crippen molar-refractivity contribution >= 4 is 28.4 Å². The molecule has 158 valence electrons. The van der Waals surface area contributed by atoms with E-state index in [2.05, 4.69) is 4.98 Å². The standard InChI is InChI=1S/C26H26N2O3/c1-16-9-5-6-12-18(16)23-22(24(29)20-15-27-21-14-8-7-13-19(20)21)25(30)26(31)28(23)17-10-3-2-4-11-17/h5-9,12-15,17,23,27,29H,2-4,10-11H2,1H3/b24-22+. The Labute approximate surface area is 181 Å². The molecule has 2 aliphatic rings. The molecule has 5 rings (SSSR count). The third-order valence-corrected chi connectivity index (χ3v) is 6.78. The molecule has 0 spiro atoms. The number of para-hydroxylation sites is 1. The summed E-state index contributed by atoms with van der Waals surface area (Å²) >= 11 is 0. The predicted molar refractivity (Wildman–Crippen MR) is 120 cm³/mol. The summed E-state index contributed by atoms with van der Waals surface area (Å²) < 4.78 is 0. The molecular weight excluding hydrogens is 388 g/mol. The van der Waals surface area contributed by atoms with Crippen molar-refractivity contribution in [2.45, 2.75) is 51.1 Å². The van der Waals surface area contributed by atoms with Gasteiger partial charge in [0.25, 0.3) is 11.7 Å². The predicted octanol–water partition coefficient (Wildman–Crippen LogP) is 5.23. The van der Waals surface area contributed by atoms with E-state index in [9.17, 15) is 14.7 Å². The Morgan fingerprint density at radius 1 is 1.00 bits per heavy atom. The van der Waals surface area contributed by atoms with Crippen molar-refractivity contribution in [1.82, 2.24) is 9.88 Å². The van der Waals surface area contributed by atoms with Crippen molar-refractivity contribution in [3.8, 4) is 0 Å². The number of nitrogens with zero attached hydrogens (tertiary/aromatic N) is 1. The molecule has 2 fully saturated rings. The molecule has 2 heterocycles. The van der Waals surface area contributed by atoms with E-state index in [1.807, 2.05) is 55.5 Å². The van der Waals surface area contributed by atoms with Crippen LogP contribution >= 0.6 is 0 Å². The number of Topliss-reactive ketones (excluding diaryl/α,β-unsaturated/α-hetero) is 1. The summed E-state index contributed by atoms with van der Waals surface area (Å²) in [6, 6.07) is 14.9. The maximum absolute atomic E-state index is 13.3. The van der Waals surface area contributed by atoms with E-state index in [1.165, 1.54) is 0 Å². The third-order valence-electron chi connectivity index (χ3n) is 6.78. The van der Waals surface area contributed by atoms with Crippen LogP contribution < -0.4 is 0 Å². The molecule has 1 aliphatic carbocycles. The minimum Gasteiger partial charge on any atom is -0.507 e. The Bertz CT molecular complexity index is 1200. The van der Waals surface area contributed by atoms with Gasteiger partial charge in [0, 0.05) is 28.7 Å². The number of hydrogen-bond donors (Lipinski definition) is 2. The maximum atomic E-state index is 13.3. The van der Waals surface area contributed by atoms with Gasteiger partial charge in [0.2, 0.25) is 0 Å². The second-order valence-electron chi connectivity index (χ2n) is 8.60. The highest BCUT2D eigenvalue weighted by atomic mass is 16.3. The van der Waals surface area contributed by atoms with E-state index < -0.39 is 17.7 Å². The lowest BCUT2D eigenvalue weighted by Gasteiger charge is -2.36. The van der Waals surface area contributed by atoms with Crippen LogP contribution in [0, 0.1) is 6.92 Å². The number of fused-ring (bicyclic) bond motifs is 1. The van der Waals surface area contributed by atoms with Gasteiger partial charge in [0.05, 0.1) is 11.6 Å². The second-order valence-corrected chi connectivity index (χ2v) is 8.60. The summed E-state index contributed by atoms with van der Waals surface area (Å²) in [5.74, 6) is -1.20. The molecule has 1 saturated heterocycles. The average molecular weight is 415 g/mol. The lowest BCUT2D eigenvalue weighted by atomic mass is 9.89. The first-order valence-corrected chi connectivity index (χ1v) is 11.0. The summed E-state index contributed by atoms with van der Waals surface area (Å²) in [4.78, 5) is 31.5. The molecule has 3 aromatic rings. The highest BCUT2D eigenvalue weighted by molar-refractivity contribution is 6.46. The second kappa shape index (κ2) is 7.73. The van der Waals surface area contributed by atoms with Crippen LogP contribution in [-0.2, 0) is 9.59 Å². The number of nitrogens with one attached hydrogen (secondary N) is 1. The smallest absolute Gasteiger partial charge is 0.295 e. The molecule has 5 heteroatoms. The summed E-state index contributed by atoms with van der Waals surface area (Å²) in [6.07, 6.45) is 6.76. The van der Waals surface area contributed by atoms with E-state index in [4.69, 9.17) is 0 Å². The van der Waals surface area contributed by atoms with Crippen LogP contribution in [0.1, 0.15) is 54.8 Å². The van der Waals surface area contributed by atoms with Crippen molar-refractivity contribution in [3.63, 3.8) is 0 Å². The van der Waals surface area contributed by atoms with Gasteiger partial charge in [-0.2, -0.15) is 0 Å². The molecule has 31 heavy (non-hydrogen) atoms. The fourth-order valence-electron chi connectivity index (χ4n) is 5.20. The number of carbonyl (C=O) groups is 2. The van der Waals surface area contributed by atoms with Gasteiger partial charge in [0.15, 0.2) is 0 Å². The minimum atomic E-state index is -0.596. The number of aryl methyl sites for hydroxylation is 1. The molecule has 1 aromatic heterocycles. The Kier molecular flexibility index (Phi) is 4.89. The minimum absolute atomic E-state index is 0.0167. The summed E-state index contributed by atoms with van der Waals surface area (Å²) in [6.45, 7) is 1.99. The summed E-state index contributed by atoms with van der Waals surface area (Å²) in [5, 5.41) is 12.2. The molecule has 5 nitrogen and oxygen atoms in total. The SMILES string of the molecule is Cc1ccccc1C1/C(=C(\O)c2c[nH]c3ccccc23)C(=O)C(=O)N1C1CCCCC1. The average Bonchev–Trinajstić information content (AvgIpc) is 3.34. The van der Waals surface area contributed by atoms with Crippen molar-refractivity contribution in [2.24, 2.45) is 0 Å². The van der Waals surface area contributed by atoms with Crippen LogP contribution in [0.25, 0.3) is 16.7 Å². The lowest BCUT2D eigenvalue weighted by Crippen LogP contribution is -2.40. The highest BCUT2D eigenvalue weighted by Gasteiger charge is 2.49. The topological polar surface area (TPSA) is 73.4 Å². The number of benzene rings is 2. The van der Waals surface area contributed by atoms with Gasteiger partial charge in [-0.1, -0.05) is 61.7 Å². The van der Waals surface area contributed by atoms with Gasteiger partial charge < -0.3 is 15.0 Å². The number of H-pyrrole nitrogens is 1. The number of amides is 1. The number of rotatable bonds is 3. The summed E-state index contributed by atoms with van der Waals surface area (Å²) in [7, 11) is 0. The fraction of sp³-hybridized carbons (Fsp3) is 0.308. The molecule has 1 amide bonds. The molecule has 2 aromatic carbocycles. The summed E-state index contributed by atoms with van der Waals surface area (Å²) in [5.41, 5.74) is 3.51. The van der Waals surface area contributed by atoms with Gasteiger partial charge in [-0.3, -0.25) is 9.59 Å². The quantitative estimate of drug-likeness (QED) is 0.350. The molecule has 0 bridgehead atoms. The number of aliphatic hydroxyl groups is 1. The molecule has 2 N–H and O–H groups in total. The van der Waals surface area contributed by atoms with Gasteiger partial charge in [-0.25, -0.2) is 0 Å². The maximum Gasteiger partial charge on any atom is 0.295 e. The van der Waals surface area contributed by atoms with Crippen molar-refractivity contribution in [1.29, 1.82) is 0 Å². The van der Waals surface area contributed by atoms with Crippen LogP contribution in [0.3, 0.4) is 0 Å².